The summed E-state index contributed by atoms with van der Waals surface area (Å²) in [6, 6.07) is 4.04. The summed E-state index contributed by atoms with van der Waals surface area (Å²) < 4.78 is 0.493. The molecule has 0 aromatic heterocycles. The summed E-state index contributed by atoms with van der Waals surface area (Å²) in [5.41, 5.74) is 3.37. The lowest BCUT2D eigenvalue weighted by atomic mass is 9.78. The molecule has 0 radical (unpaired) electrons. The molecule has 1 heterocycles. The average molecular weight is 390 g/mol. The second-order valence-corrected chi connectivity index (χ2v) is 10.3. The van der Waals surface area contributed by atoms with Crippen LogP contribution in [0.2, 0.25) is 0 Å². The molecule has 1 amide bonds. The highest BCUT2D eigenvalue weighted by Gasteiger charge is 2.26. The topological polar surface area (TPSA) is 49.3 Å². The van der Waals surface area contributed by atoms with Crippen LogP contribution in [-0.4, -0.2) is 15.3 Å². The maximum absolute atomic E-state index is 11.9. The first-order valence-corrected chi connectivity index (χ1v) is 9.83. The number of carbonyl (C=O) groups excluding carboxylic acids is 1. The lowest BCUT2D eigenvalue weighted by Gasteiger charge is -2.27. The van der Waals surface area contributed by atoms with E-state index in [1.54, 1.807) is 0 Å². The molecule has 1 saturated heterocycles. The molecule has 0 atom stereocenters. The Balaban J connectivity index is 2.52. The van der Waals surface area contributed by atoms with Crippen molar-refractivity contribution in [2.24, 2.45) is 0 Å². The number of nitrogens with one attached hydrogen (secondary N) is 1. The molecule has 0 unspecified atom stereocenters. The van der Waals surface area contributed by atoms with E-state index in [1.807, 2.05) is 31.2 Å². The number of amides is 1. The highest BCUT2D eigenvalue weighted by atomic mass is 32.2. The van der Waals surface area contributed by atoms with Gasteiger partial charge in [0.2, 0.25) is 0 Å². The fourth-order valence-corrected chi connectivity index (χ4v) is 3.81. The van der Waals surface area contributed by atoms with Gasteiger partial charge in [0.1, 0.15) is 10.1 Å². The summed E-state index contributed by atoms with van der Waals surface area (Å²) in [6.45, 7) is 14.5. The molecule has 1 aliphatic rings. The predicted molar refractivity (Wildman–Crippen MR) is 116 cm³/mol. The Morgan fingerprint density at radius 3 is 2.00 bits per heavy atom. The minimum Gasteiger partial charge on any atom is -0.507 e. The van der Waals surface area contributed by atoms with E-state index in [0.29, 0.717) is 15.0 Å². The minimum atomic E-state index is -0.172. The molecule has 26 heavy (non-hydrogen) atoms. The number of rotatable bonds is 2. The monoisotopic (exact) mass is 389 g/mol. The Morgan fingerprint density at radius 2 is 1.62 bits per heavy atom. The van der Waals surface area contributed by atoms with Crippen molar-refractivity contribution < 1.29 is 9.90 Å². The van der Waals surface area contributed by atoms with E-state index in [2.05, 4.69) is 46.9 Å². The number of thioether (sulfide) groups is 1. The number of carbonyl (C=O) groups is 1. The quantitative estimate of drug-likeness (QED) is 0.524. The number of aromatic hydroxyl groups is 1. The largest absolute Gasteiger partial charge is 0.507 e. The van der Waals surface area contributed by atoms with Gasteiger partial charge in [-0.05, 0) is 41.0 Å². The number of hydrogen-bond donors (Lipinski definition) is 2. The van der Waals surface area contributed by atoms with Crippen LogP contribution in [0.5, 0.6) is 5.75 Å². The zero-order valence-corrected chi connectivity index (χ0v) is 18.1. The second kappa shape index (κ2) is 7.20. The minimum absolute atomic E-state index is 0.140. The molecule has 1 aromatic carbocycles. The van der Waals surface area contributed by atoms with Crippen LogP contribution in [0.1, 0.15) is 65.2 Å². The molecular weight excluding hydrogens is 362 g/mol. The van der Waals surface area contributed by atoms with Gasteiger partial charge in [0.05, 0.1) is 4.91 Å². The molecule has 5 heteroatoms. The van der Waals surface area contributed by atoms with E-state index >= 15 is 0 Å². The standard InChI is InChI=1S/C21H27NO2S2/c1-12(17-18(24)22-19(25)26-17)8-9-13-10-14(20(2,3)4)16(23)15(11-13)21(5,6)7/h8-11,23H,1-7H3,(H,22,24,25). The lowest BCUT2D eigenvalue weighted by Crippen LogP contribution is -2.18. The summed E-state index contributed by atoms with van der Waals surface area (Å²) in [7, 11) is 0. The number of phenolic OH excluding ortho intramolecular Hbond substituents is 1. The molecule has 1 aromatic rings. The third kappa shape index (κ3) is 4.57. The van der Waals surface area contributed by atoms with Gasteiger partial charge >= 0.3 is 0 Å². The van der Waals surface area contributed by atoms with Gasteiger partial charge in [-0.25, -0.2) is 0 Å². The normalized spacial score (nSPS) is 17.8. The first-order valence-electron chi connectivity index (χ1n) is 8.61. The van der Waals surface area contributed by atoms with Gasteiger partial charge in [-0.15, -0.1) is 0 Å². The number of hydrogen-bond acceptors (Lipinski definition) is 4. The van der Waals surface area contributed by atoms with Gasteiger partial charge in [0, 0.05) is 11.1 Å². The van der Waals surface area contributed by atoms with E-state index in [-0.39, 0.29) is 16.7 Å². The Labute approximate surface area is 166 Å². The zero-order chi connectivity index (χ0) is 19.9. The number of allylic oxidation sites excluding steroid dienone is 2. The Bertz CT molecular complexity index is 786. The summed E-state index contributed by atoms with van der Waals surface area (Å²) in [5.74, 6) is 0.229. The van der Waals surface area contributed by atoms with Gasteiger partial charge in [-0.3, -0.25) is 4.79 Å². The smallest absolute Gasteiger partial charge is 0.263 e. The predicted octanol–water partition coefficient (Wildman–Crippen LogP) is 5.42. The zero-order valence-electron chi connectivity index (χ0n) is 16.5. The van der Waals surface area contributed by atoms with Gasteiger partial charge in [0.25, 0.3) is 5.91 Å². The van der Waals surface area contributed by atoms with Crippen molar-refractivity contribution in [2.45, 2.75) is 59.3 Å². The van der Waals surface area contributed by atoms with Crippen molar-refractivity contribution in [3.8, 4) is 5.75 Å². The third-order valence-corrected chi connectivity index (χ3v) is 5.60. The lowest BCUT2D eigenvalue weighted by molar-refractivity contribution is -0.115. The first kappa shape index (κ1) is 20.7. The fraction of sp³-hybridized carbons (Fsp3) is 0.429. The van der Waals surface area contributed by atoms with Gasteiger partial charge in [0.15, 0.2) is 0 Å². The van der Waals surface area contributed by atoms with Crippen molar-refractivity contribution in [1.29, 1.82) is 0 Å². The van der Waals surface area contributed by atoms with Crippen LogP contribution in [0.25, 0.3) is 6.08 Å². The molecule has 0 spiro atoms. The molecule has 2 rings (SSSR count). The number of thiocarbonyl (C=S) groups is 1. The molecule has 140 valence electrons. The highest BCUT2D eigenvalue weighted by molar-refractivity contribution is 8.26. The molecular formula is C21H27NO2S2. The Hall–Kier alpha value is -1.59. The van der Waals surface area contributed by atoms with E-state index in [1.165, 1.54) is 11.8 Å². The van der Waals surface area contributed by atoms with Crippen LogP contribution in [0.3, 0.4) is 0 Å². The molecule has 0 aliphatic carbocycles. The first-order chi connectivity index (χ1) is 11.8. The number of benzene rings is 1. The van der Waals surface area contributed by atoms with E-state index in [9.17, 15) is 9.90 Å². The highest BCUT2D eigenvalue weighted by Crippen LogP contribution is 2.40. The van der Waals surface area contributed by atoms with Crippen molar-refractivity contribution in [2.75, 3.05) is 0 Å². The maximum atomic E-state index is 11.9. The van der Waals surface area contributed by atoms with Crippen LogP contribution in [-0.2, 0) is 15.6 Å². The summed E-state index contributed by atoms with van der Waals surface area (Å²) >= 11 is 6.34. The van der Waals surface area contributed by atoms with Crippen molar-refractivity contribution >= 4 is 40.3 Å². The van der Waals surface area contributed by atoms with Gasteiger partial charge < -0.3 is 10.4 Å². The fourth-order valence-electron chi connectivity index (χ4n) is 2.77. The van der Waals surface area contributed by atoms with Crippen molar-refractivity contribution in [3.63, 3.8) is 0 Å². The molecule has 3 nitrogen and oxygen atoms in total. The SMILES string of the molecule is CC(C=Cc1cc(C(C)(C)C)c(O)c(C(C)(C)C)c1)=C1SC(=S)NC1=O. The Morgan fingerprint density at radius 1 is 1.12 bits per heavy atom. The van der Waals surface area contributed by atoms with Gasteiger partial charge in [-0.1, -0.05) is 77.7 Å². The van der Waals surface area contributed by atoms with Crippen LogP contribution in [0.4, 0.5) is 0 Å². The average Bonchev–Trinajstić information content (AvgIpc) is 2.82. The molecule has 0 bridgehead atoms. The van der Waals surface area contributed by atoms with E-state index in [4.69, 9.17) is 12.2 Å². The van der Waals surface area contributed by atoms with Crippen LogP contribution >= 0.6 is 24.0 Å². The van der Waals surface area contributed by atoms with E-state index in [0.717, 1.165) is 22.3 Å². The molecule has 2 N–H and O–H groups in total. The van der Waals surface area contributed by atoms with Crippen molar-refractivity contribution in [1.82, 2.24) is 5.32 Å². The van der Waals surface area contributed by atoms with E-state index < -0.39 is 0 Å². The molecule has 1 aliphatic heterocycles. The summed E-state index contributed by atoms with van der Waals surface area (Å²) in [5, 5.41) is 13.4. The second-order valence-electron chi connectivity index (χ2n) is 8.65. The van der Waals surface area contributed by atoms with Crippen LogP contribution in [0.15, 0.2) is 28.7 Å². The molecule has 0 saturated carbocycles. The third-order valence-electron chi connectivity index (χ3n) is 4.25. The Kier molecular flexibility index (Phi) is 5.74. The molecule has 1 fully saturated rings. The van der Waals surface area contributed by atoms with Crippen LogP contribution < -0.4 is 5.32 Å². The maximum Gasteiger partial charge on any atom is 0.263 e. The summed E-state index contributed by atoms with van der Waals surface area (Å²) in [4.78, 5) is 12.5. The van der Waals surface area contributed by atoms with Crippen LogP contribution in [0, 0.1) is 0 Å². The van der Waals surface area contributed by atoms with Crippen molar-refractivity contribution in [3.05, 3.63) is 45.4 Å². The summed E-state index contributed by atoms with van der Waals surface area (Å²) in [6.07, 6.45) is 3.92. The van der Waals surface area contributed by atoms with Gasteiger partial charge in [-0.2, -0.15) is 0 Å². The number of phenols is 1.